The zero-order valence-electron chi connectivity index (χ0n) is 12.5. The Labute approximate surface area is 133 Å². The number of amides is 2. The van der Waals surface area contributed by atoms with Gasteiger partial charge in [0.25, 0.3) is 5.91 Å². The molecular weight excluding hydrogens is 300 g/mol. The number of carboxylic acid groups (broad SMARTS) is 1. The number of carbonyl (C=O) groups excluding carboxylic acids is 2. The number of nitrogens with one attached hydrogen (secondary N) is 1. The lowest BCUT2D eigenvalue weighted by molar-refractivity contribution is -0.140. The van der Waals surface area contributed by atoms with Crippen LogP contribution in [0.15, 0.2) is 24.3 Å². The second kappa shape index (κ2) is 6.28. The van der Waals surface area contributed by atoms with Crippen molar-refractivity contribution in [2.24, 2.45) is 11.8 Å². The molecule has 3 rings (SSSR count). The van der Waals surface area contributed by atoms with Gasteiger partial charge in [0.1, 0.15) is 5.75 Å². The predicted octanol–water partition coefficient (Wildman–Crippen LogP) is 0.639. The van der Waals surface area contributed by atoms with Crippen LogP contribution in [0.1, 0.15) is 12.8 Å². The average Bonchev–Trinajstić information content (AvgIpc) is 3.34. The van der Waals surface area contributed by atoms with Gasteiger partial charge in [-0.1, -0.05) is 12.1 Å². The zero-order chi connectivity index (χ0) is 16.4. The quantitative estimate of drug-likeness (QED) is 0.750. The highest BCUT2D eigenvalue weighted by molar-refractivity contribution is 5.97. The minimum Gasteiger partial charge on any atom is -0.482 e. The molecule has 7 nitrogen and oxygen atoms in total. The maximum absolute atomic E-state index is 12.0. The molecule has 2 atom stereocenters. The summed E-state index contributed by atoms with van der Waals surface area (Å²) in [5.41, 5.74) is 0.739. The molecule has 2 aliphatic rings. The van der Waals surface area contributed by atoms with E-state index < -0.39 is 17.8 Å². The van der Waals surface area contributed by atoms with Gasteiger partial charge in [-0.15, -0.1) is 0 Å². The molecule has 0 bridgehead atoms. The molecule has 1 heterocycles. The van der Waals surface area contributed by atoms with Gasteiger partial charge in [0.15, 0.2) is 6.61 Å². The van der Waals surface area contributed by atoms with Crippen molar-refractivity contribution in [1.29, 1.82) is 0 Å². The van der Waals surface area contributed by atoms with E-state index in [4.69, 9.17) is 9.84 Å². The van der Waals surface area contributed by atoms with Crippen LogP contribution < -0.4 is 15.0 Å². The molecule has 1 fully saturated rings. The lowest BCUT2D eigenvalue weighted by Crippen LogP contribution is -2.40. The van der Waals surface area contributed by atoms with Crippen LogP contribution in [0.4, 0.5) is 5.69 Å². The molecule has 0 aromatic heterocycles. The predicted molar refractivity (Wildman–Crippen MR) is 81.1 cm³/mol. The Hall–Kier alpha value is -2.57. The standard InChI is InChI=1S/C16H18N2O5/c19-14-9-23-13-5-2-1-4-12(13)18(14)7-3-6-17-15(20)10-8-11(10)16(21)22/h1-2,4-5,10-11H,3,6-9H2,(H,17,20)(H,21,22)/t10-,11-/m1/s1. The summed E-state index contributed by atoms with van der Waals surface area (Å²) in [6.45, 7) is 0.909. The molecular formula is C16H18N2O5. The number of carboxylic acids is 1. The van der Waals surface area contributed by atoms with Crippen LogP contribution in [0.3, 0.4) is 0 Å². The van der Waals surface area contributed by atoms with Crippen molar-refractivity contribution in [3.8, 4) is 5.75 Å². The molecule has 2 amide bonds. The first-order valence-electron chi connectivity index (χ1n) is 7.60. The minimum absolute atomic E-state index is 0.0196. The summed E-state index contributed by atoms with van der Waals surface area (Å²) in [5.74, 6) is -1.51. The maximum Gasteiger partial charge on any atom is 0.307 e. The summed E-state index contributed by atoms with van der Waals surface area (Å²) in [6, 6.07) is 7.33. The third-order valence-corrected chi connectivity index (χ3v) is 4.11. The molecule has 0 spiro atoms. The lowest BCUT2D eigenvalue weighted by atomic mass is 10.2. The molecule has 1 saturated carbocycles. The molecule has 0 radical (unpaired) electrons. The first kappa shape index (κ1) is 15.3. The number of para-hydroxylation sites is 2. The Bertz CT molecular complexity index is 645. The molecule has 7 heteroatoms. The van der Waals surface area contributed by atoms with E-state index in [0.717, 1.165) is 5.69 Å². The Balaban J connectivity index is 1.47. The van der Waals surface area contributed by atoms with Crippen molar-refractivity contribution in [2.45, 2.75) is 12.8 Å². The van der Waals surface area contributed by atoms with Crippen molar-refractivity contribution in [2.75, 3.05) is 24.6 Å². The Kier molecular flexibility index (Phi) is 4.18. The SMILES string of the molecule is O=C(O)[C@@H]1C[C@H]1C(=O)NCCCN1C(=O)COc2ccccc21. The van der Waals surface area contributed by atoms with Gasteiger partial charge in [0.2, 0.25) is 5.91 Å². The van der Waals surface area contributed by atoms with E-state index in [1.165, 1.54) is 0 Å². The smallest absolute Gasteiger partial charge is 0.307 e. The minimum atomic E-state index is -0.916. The fourth-order valence-corrected chi connectivity index (χ4v) is 2.74. The summed E-state index contributed by atoms with van der Waals surface area (Å²) in [5, 5.41) is 11.5. The third kappa shape index (κ3) is 3.28. The van der Waals surface area contributed by atoms with Crippen molar-refractivity contribution in [1.82, 2.24) is 5.32 Å². The van der Waals surface area contributed by atoms with Crippen molar-refractivity contribution in [3.63, 3.8) is 0 Å². The monoisotopic (exact) mass is 318 g/mol. The fraction of sp³-hybridized carbons (Fsp3) is 0.438. The Morgan fingerprint density at radius 2 is 2.09 bits per heavy atom. The fourth-order valence-electron chi connectivity index (χ4n) is 2.74. The molecule has 1 aliphatic carbocycles. The number of carbonyl (C=O) groups is 3. The number of rotatable bonds is 6. The lowest BCUT2D eigenvalue weighted by Gasteiger charge is -2.29. The van der Waals surface area contributed by atoms with Crippen LogP contribution in [0.2, 0.25) is 0 Å². The number of benzene rings is 1. The highest BCUT2D eigenvalue weighted by Gasteiger charge is 2.48. The summed E-state index contributed by atoms with van der Waals surface area (Å²) in [6.07, 6.45) is 1.01. The molecule has 1 aliphatic heterocycles. The molecule has 23 heavy (non-hydrogen) atoms. The summed E-state index contributed by atoms with van der Waals surface area (Å²) >= 11 is 0. The summed E-state index contributed by atoms with van der Waals surface area (Å²) < 4.78 is 5.37. The molecule has 0 unspecified atom stereocenters. The maximum atomic E-state index is 12.0. The van der Waals surface area contributed by atoms with E-state index >= 15 is 0 Å². The van der Waals surface area contributed by atoms with Crippen molar-refractivity contribution < 1.29 is 24.2 Å². The normalized spacial score (nSPS) is 22.1. The largest absolute Gasteiger partial charge is 0.482 e. The van der Waals surface area contributed by atoms with Crippen LogP contribution in [0.25, 0.3) is 0 Å². The van der Waals surface area contributed by atoms with Crippen LogP contribution >= 0.6 is 0 Å². The van der Waals surface area contributed by atoms with Crippen LogP contribution in [-0.2, 0) is 14.4 Å². The van der Waals surface area contributed by atoms with Gasteiger partial charge in [-0.25, -0.2) is 0 Å². The Morgan fingerprint density at radius 3 is 2.83 bits per heavy atom. The first-order valence-corrected chi connectivity index (χ1v) is 7.60. The average molecular weight is 318 g/mol. The Morgan fingerprint density at radius 1 is 1.30 bits per heavy atom. The van der Waals surface area contributed by atoms with Gasteiger partial charge in [0, 0.05) is 13.1 Å². The third-order valence-electron chi connectivity index (χ3n) is 4.11. The van der Waals surface area contributed by atoms with E-state index in [1.807, 2.05) is 24.3 Å². The van der Waals surface area contributed by atoms with E-state index in [0.29, 0.717) is 31.7 Å². The highest BCUT2D eigenvalue weighted by atomic mass is 16.5. The van der Waals surface area contributed by atoms with Crippen LogP contribution in [0.5, 0.6) is 5.75 Å². The van der Waals surface area contributed by atoms with E-state index in [-0.39, 0.29) is 18.4 Å². The highest BCUT2D eigenvalue weighted by Crippen LogP contribution is 2.38. The van der Waals surface area contributed by atoms with Gasteiger partial charge < -0.3 is 20.1 Å². The van der Waals surface area contributed by atoms with Crippen molar-refractivity contribution >= 4 is 23.5 Å². The number of hydrogen-bond donors (Lipinski definition) is 2. The number of hydrogen-bond acceptors (Lipinski definition) is 4. The van der Waals surface area contributed by atoms with Crippen LogP contribution in [-0.4, -0.2) is 42.6 Å². The summed E-state index contributed by atoms with van der Waals surface area (Å²) in [4.78, 5) is 36.1. The number of aliphatic carboxylic acids is 1. The molecule has 2 N–H and O–H groups in total. The molecule has 1 aromatic carbocycles. The summed E-state index contributed by atoms with van der Waals surface area (Å²) in [7, 11) is 0. The first-order chi connectivity index (χ1) is 11.1. The van der Waals surface area contributed by atoms with E-state index in [1.54, 1.807) is 4.90 Å². The number of nitrogens with zero attached hydrogens (tertiary/aromatic N) is 1. The second-order valence-corrected chi connectivity index (χ2v) is 5.73. The molecule has 1 aromatic rings. The van der Waals surface area contributed by atoms with E-state index in [9.17, 15) is 14.4 Å². The van der Waals surface area contributed by atoms with Gasteiger partial charge in [0.05, 0.1) is 17.5 Å². The number of anilines is 1. The molecule has 0 saturated heterocycles. The number of ether oxygens (including phenoxy) is 1. The van der Waals surface area contributed by atoms with Crippen LogP contribution in [0, 0.1) is 11.8 Å². The van der Waals surface area contributed by atoms with Gasteiger partial charge in [-0.3, -0.25) is 14.4 Å². The topological polar surface area (TPSA) is 95.9 Å². The van der Waals surface area contributed by atoms with Crippen molar-refractivity contribution in [3.05, 3.63) is 24.3 Å². The zero-order valence-corrected chi connectivity index (χ0v) is 12.5. The van der Waals surface area contributed by atoms with E-state index in [2.05, 4.69) is 5.32 Å². The second-order valence-electron chi connectivity index (χ2n) is 5.73. The molecule has 122 valence electrons. The van der Waals surface area contributed by atoms with Gasteiger partial charge in [-0.2, -0.15) is 0 Å². The number of fused-ring (bicyclic) bond motifs is 1. The van der Waals surface area contributed by atoms with Gasteiger partial charge >= 0.3 is 5.97 Å². The van der Waals surface area contributed by atoms with Gasteiger partial charge in [-0.05, 0) is 25.0 Å².